The average molecular weight is 540 g/mol. The molecule has 7 nitrogen and oxygen atoms in total. The molecule has 3 N–H and O–H groups in total. The molecule has 1 aliphatic rings. The summed E-state index contributed by atoms with van der Waals surface area (Å²) in [4.78, 5) is 17.1. The van der Waals surface area contributed by atoms with Crippen LogP contribution in [0, 0.1) is 0 Å². The van der Waals surface area contributed by atoms with Crippen LogP contribution in [0.4, 0.5) is 5.69 Å². The maximum absolute atomic E-state index is 13.2. The van der Waals surface area contributed by atoms with E-state index < -0.39 is 27.4 Å². The van der Waals surface area contributed by atoms with Gasteiger partial charge in [0.2, 0.25) is 0 Å². The van der Waals surface area contributed by atoms with E-state index in [2.05, 4.69) is 15.0 Å². The Hall–Kier alpha value is -3.24. The third-order valence-electron chi connectivity index (χ3n) is 6.14. The molecule has 0 aliphatic heterocycles. The number of carboxylic acids is 1. The molecule has 10 heteroatoms. The standard InChI is InChI=1S/C26H22ClN3O4S2/c27-20-8-6-18(7-9-20)23-10-11-24(35-23)36(33,34)30-26(25(31)32)14-22(26)19-4-1-5-21(13-19)29-16-17-3-2-12-28-15-17/h1-13,15,22,29-30H,14,16H2,(H,31,32)/t22-,26+/m1/s1. The number of benzene rings is 2. The molecular formula is C26H22ClN3O4S2. The molecule has 2 atom stereocenters. The first-order chi connectivity index (χ1) is 17.3. The van der Waals surface area contributed by atoms with Gasteiger partial charge in [-0.3, -0.25) is 9.78 Å². The molecule has 0 radical (unpaired) electrons. The molecule has 0 bridgehead atoms. The van der Waals surface area contributed by atoms with E-state index in [4.69, 9.17) is 11.6 Å². The molecule has 4 aromatic rings. The number of anilines is 1. The van der Waals surface area contributed by atoms with Crippen molar-refractivity contribution in [2.45, 2.75) is 28.6 Å². The minimum atomic E-state index is -4.05. The van der Waals surface area contributed by atoms with Crippen molar-refractivity contribution in [3.63, 3.8) is 0 Å². The summed E-state index contributed by atoms with van der Waals surface area (Å²) in [6.07, 6.45) is 3.65. The molecule has 0 unspecified atom stereocenters. The first-order valence-electron chi connectivity index (χ1n) is 11.1. The third-order valence-corrected chi connectivity index (χ3v) is 9.53. The number of rotatable bonds is 9. The van der Waals surface area contributed by atoms with E-state index in [1.165, 1.54) is 6.07 Å². The zero-order valence-corrected chi connectivity index (χ0v) is 21.3. The Bertz CT molecular complexity index is 1510. The van der Waals surface area contributed by atoms with Gasteiger partial charge in [0.15, 0.2) is 0 Å². The Morgan fingerprint density at radius 3 is 2.64 bits per heavy atom. The summed E-state index contributed by atoms with van der Waals surface area (Å²) in [5, 5.41) is 13.9. The van der Waals surface area contributed by atoms with Gasteiger partial charge in [0.25, 0.3) is 10.0 Å². The molecular weight excluding hydrogens is 518 g/mol. The van der Waals surface area contributed by atoms with Crippen molar-refractivity contribution in [2.75, 3.05) is 5.32 Å². The Morgan fingerprint density at radius 1 is 1.11 bits per heavy atom. The Labute approximate surface area is 217 Å². The van der Waals surface area contributed by atoms with Gasteiger partial charge in [0, 0.05) is 40.4 Å². The van der Waals surface area contributed by atoms with Crippen LogP contribution in [0.3, 0.4) is 0 Å². The number of aromatic nitrogens is 1. The highest BCUT2D eigenvalue weighted by Crippen LogP contribution is 2.53. The predicted octanol–water partition coefficient (Wildman–Crippen LogP) is 5.36. The van der Waals surface area contributed by atoms with Gasteiger partial charge in [0.05, 0.1) is 0 Å². The van der Waals surface area contributed by atoms with Gasteiger partial charge in [-0.25, -0.2) is 8.42 Å². The average Bonchev–Trinajstić information content (AvgIpc) is 3.37. The molecule has 2 aromatic heterocycles. The van der Waals surface area contributed by atoms with Gasteiger partial charge in [-0.15, -0.1) is 11.3 Å². The van der Waals surface area contributed by atoms with Crippen molar-refractivity contribution >= 4 is 44.6 Å². The van der Waals surface area contributed by atoms with Crippen molar-refractivity contribution in [1.29, 1.82) is 0 Å². The van der Waals surface area contributed by atoms with Crippen LogP contribution in [0.5, 0.6) is 0 Å². The molecule has 0 spiro atoms. The number of aliphatic carboxylic acids is 1. The smallest absolute Gasteiger partial charge is 0.325 e. The quantitative estimate of drug-likeness (QED) is 0.264. The number of pyridine rings is 1. The molecule has 2 aromatic carbocycles. The fraction of sp³-hybridized carbons (Fsp3) is 0.154. The number of nitrogens with one attached hydrogen (secondary N) is 2. The van der Waals surface area contributed by atoms with Crippen LogP contribution in [0.1, 0.15) is 23.5 Å². The monoisotopic (exact) mass is 539 g/mol. The summed E-state index contributed by atoms with van der Waals surface area (Å²) in [7, 11) is -4.05. The van der Waals surface area contributed by atoms with Crippen LogP contribution in [0.25, 0.3) is 10.4 Å². The molecule has 36 heavy (non-hydrogen) atoms. The Balaban J connectivity index is 1.33. The second-order valence-electron chi connectivity index (χ2n) is 8.60. The van der Waals surface area contributed by atoms with Crippen LogP contribution in [0.15, 0.2) is 89.4 Å². The van der Waals surface area contributed by atoms with E-state index in [-0.39, 0.29) is 10.6 Å². The minimum absolute atomic E-state index is 0.0608. The van der Waals surface area contributed by atoms with Crippen LogP contribution >= 0.6 is 22.9 Å². The zero-order chi connectivity index (χ0) is 25.3. The highest BCUT2D eigenvalue weighted by Gasteiger charge is 2.63. The Morgan fingerprint density at radius 2 is 1.92 bits per heavy atom. The van der Waals surface area contributed by atoms with Crippen molar-refractivity contribution in [3.8, 4) is 10.4 Å². The van der Waals surface area contributed by atoms with Crippen molar-refractivity contribution < 1.29 is 18.3 Å². The van der Waals surface area contributed by atoms with E-state index in [9.17, 15) is 18.3 Å². The fourth-order valence-corrected chi connectivity index (χ4v) is 7.00. The zero-order valence-electron chi connectivity index (χ0n) is 18.9. The lowest BCUT2D eigenvalue weighted by Gasteiger charge is -2.15. The van der Waals surface area contributed by atoms with Gasteiger partial charge in [0.1, 0.15) is 9.75 Å². The molecule has 1 aliphatic carbocycles. The lowest BCUT2D eigenvalue weighted by molar-refractivity contribution is -0.140. The SMILES string of the molecule is O=C(O)[C@]1(NS(=O)(=O)c2ccc(-c3ccc(Cl)cc3)s2)C[C@@H]1c1cccc(NCc2cccnc2)c1. The predicted molar refractivity (Wildman–Crippen MR) is 141 cm³/mol. The van der Waals surface area contributed by atoms with Crippen LogP contribution in [-0.2, 0) is 21.4 Å². The molecule has 2 heterocycles. The Kier molecular flexibility index (Phi) is 6.57. The first-order valence-corrected chi connectivity index (χ1v) is 13.8. The number of nitrogens with zero attached hydrogens (tertiary/aromatic N) is 1. The highest BCUT2D eigenvalue weighted by atomic mass is 35.5. The minimum Gasteiger partial charge on any atom is -0.480 e. The summed E-state index contributed by atoms with van der Waals surface area (Å²) in [6.45, 7) is 0.562. The van der Waals surface area contributed by atoms with E-state index in [1.807, 2.05) is 48.5 Å². The first kappa shape index (κ1) is 24.5. The van der Waals surface area contributed by atoms with E-state index in [0.29, 0.717) is 11.6 Å². The van der Waals surface area contributed by atoms with Crippen molar-refractivity contribution in [3.05, 3.63) is 101 Å². The number of hydrogen-bond donors (Lipinski definition) is 3. The van der Waals surface area contributed by atoms with Crippen LogP contribution < -0.4 is 10.0 Å². The van der Waals surface area contributed by atoms with Gasteiger partial charge < -0.3 is 10.4 Å². The van der Waals surface area contributed by atoms with E-state index in [1.54, 1.807) is 30.6 Å². The third kappa shape index (κ3) is 5.01. The second kappa shape index (κ2) is 9.67. The fourth-order valence-electron chi connectivity index (χ4n) is 4.15. The summed E-state index contributed by atoms with van der Waals surface area (Å²) in [5.74, 6) is -1.68. The second-order valence-corrected chi connectivity index (χ2v) is 12.0. The van der Waals surface area contributed by atoms with Crippen molar-refractivity contribution in [2.24, 2.45) is 0 Å². The largest absolute Gasteiger partial charge is 0.480 e. The van der Waals surface area contributed by atoms with Gasteiger partial charge in [-0.1, -0.05) is 41.9 Å². The number of carboxylic acid groups (broad SMARTS) is 1. The molecule has 184 valence electrons. The maximum Gasteiger partial charge on any atom is 0.325 e. The molecule has 0 amide bonds. The van der Waals surface area contributed by atoms with Gasteiger partial charge in [-0.05, 0) is 65.6 Å². The summed E-state index contributed by atoms with van der Waals surface area (Å²) < 4.78 is 28.9. The lowest BCUT2D eigenvalue weighted by Crippen LogP contribution is -2.44. The topological polar surface area (TPSA) is 108 Å². The maximum atomic E-state index is 13.2. The number of halogens is 1. The normalized spacial score (nSPS) is 19.1. The molecule has 0 saturated heterocycles. The number of sulfonamides is 1. The number of carbonyl (C=O) groups is 1. The molecule has 5 rings (SSSR count). The molecule has 1 saturated carbocycles. The number of hydrogen-bond acceptors (Lipinski definition) is 6. The van der Waals surface area contributed by atoms with Crippen LogP contribution in [0.2, 0.25) is 5.02 Å². The van der Waals surface area contributed by atoms with E-state index in [0.717, 1.165) is 38.6 Å². The summed E-state index contributed by atoms with van der Waals surface area (Å²) >= 11 is 7.02. The highest BCUT2D eigenvalue weighted by molar-refractivity contribution is 7.91. The summed E-state index contributed by atoms with van der Waals surface area (Å²) in [5.41, 5.74) is 1.82. The molecule has 1 fully saturated rings. The summed E-state index contributed by atoms with van der Waals surface area (Å²) in [6, 6.07) is 21.5. The van der Waals surface area contributed by atoms with Crippen LogP contribution in [-0.4, -0.2) is 30.0 Å². The van der Waals surface area contributed by atoms with Gasteiger partial charge in [-0.2, -0.15) is 4.72 Å². The van der Waals surface area contributed by atoms with Gasteiger partial charge >= 0.3 is 5.97 Å². The van der Waals surface area contributed by atoms with Crippen molar-refractivity contribution in [1.82, 2.24) is 9.71 Å². The number of thiophene rings is 1. The van der Waals surface area contributed by atoms with E-state index >= 15 is 0 Å². The lowest BCUT2D eigenvalue weighted by atomic mass is 10.1.